The maximum atomic E-state index is 12.2. The van der Waals surface area contributed by atoms with E-state index in [1.807, 2.05) is 7.05 Å². The normalized spacial score (nSPS) is 10.1. The molecule has 0 saturated carbocycles. The highest BCUT2D eigenvalue weighted by Gasteiger charge is 2.24. The SMILES string of the molecule is CCOc1cc(C(=O)NCCCNC)c([N+](=O)[O-])cc1OC. The molecule has 1 amide bonds. The van der Waals surface area contributed by atoms with Crippen LogP contribution in [0.5, 0.6) is 11.5 Å². The molecule has 0 aliphatic carbocycles. The first-order valence-electron chi connectivity index (χ1n) is 6.97. The Balaban J connectivity index is 3.06. The Morgan fingerprint density at radius 1 is 1.32 bits per heavy atom. The topological polar surface area (TPSA) is 103 Å². The Kier molecular flexibility index (Phi) is 7.11. The maximum absolute atomic E-state index is 12.2. The van der Waals surface area contributed by atoms with Crippen LogP contribution in [0.1, 0.15) is 23.7 Å². The lowest BCUT2D eigenvalue weighted by atomic mass is 10.1. The molecule has 0 atom stereocenters. The Bertz CT molecular complexity index is 533. The number of amides is 1. The van der Waals surface area contributed by atoms with Gasteiger partial charge in [-0.05, 0) is 26.9 Å². The van der Waals surface area contributed by atoms with Crippen molar-refractivity contribution in [2.24, 2.45) is 0 Å². The van der Waals surface area contributed by atoms with E-state index in [-0.39, 0.29) is 17.0 Å². The monoisotopic (exact) mass is 311 g/mol. The lowest BCUT2D eigenvalue weighted by Crippen LogP contribution is -2.27. The van der Waals surface area contributed by atoms with Crippen molar-refractivity contribution in [3.63, 3.8) is 0 Å². The Labute approximate surface area is 128 Å². The molecule has 0 bridgehead atoms. The third-order valence-electron chi connectivity index (χ3n) is 2.91. The summed E-state index contributed by atoms with van der Waals surface area (Å²) in [4.78, 5) is 22.7. The average molecular weight is 311 g/mol. The molecular formula is C14H21N3O5. The van der Waals surface area contributed by atoms with Crippen LogP contribution in [0.2, 0.25) is 0 Å². The number of hydrogen-bond acceptors (Lipinski definition) is 6. The average Bonchev–Trinajstić information content (AvgIpc) is 2.51. The van der Waals surface area contributed by atoms with E-state index in [4.69, 9.17) is 9.47 Å². The van der Waals surface area contributed by atoms with Gasteiger partial charge in [-0.2, -0.15) is 0 Å². The predicted molar refractivity (Wildman–Crippen MR) is 81.7 cm³/mol. The van der Waals surface area contributed by atoms with E-state index in [2.05, 4.69) is 10.6 Å². The zero-order valence-electron chi connectivity index (χ0n) is 13.0. The number of nitro groups is 1. The number of methoxy groups -OCH3 is 1. The first-order chi connectivity index (χ1) is 10.5. The molecule has 1 aromatic carbocycles. The third-order valence-corrected chi connectivity index (χ3v) is 2.91. The van der Waals surface area contributed by atoms with Crippen molar-refractivity contribution < 1.29 is 19.2 Å². The number of hydrogen-bond donors (Lipinski definition) is 2. The summed E-state index contributed by atoms with van der Waals surface area (Å²) < 4.78 is 10.4. The molecule has 0 unspecified atom stereocenters. The molecule has 0 aliphatic heterocycles. The minimum absolute atomic E-state index is 0.0429. The van der Waals surface area contributed by atoms with Crippen LogP contribution in [0.15, 0.2) is 12.1 Å². The van der Waals surface area contributed by atoms with E-state index < -0.39 is 10.8 Å². The van der Waals surface area contributed by atoms with Crippen molar-refractivity contribution in [2.45, 2.75) is 13.3 Å². The van der Waals surface area contributed by atoms with E-state index in [9.17, 15) is 14.9 Å². The first-order valence-corrected chi connectivity index (χ1v) is 6.97. The highest BCUT2D eigenvalue weighted by Crippen LogP contribution is 2.34. The van der Waals surface area contributed by atoms with Crippen LogP contribution in [-0.4, -0.2) is 44.7 Å². The largest absolute Gasteiger partial charge is 0.493 e. The highest BCUT2D eigenvalue weighted by atomic mass is 16.6. The lowest BCUT2D eigenvalue weighted by molar-refractivity contribution is -0.385. The second kappa shape index (κ2) is 8.83. The van der Waals surface area contributed by atoms with Gasteiger partial charge in [0.1, 0.15) is 5.56 Å². The number of rotatable bonds is 9. The van der Waals surface area contributed by atoms with Crippen LogP contribution < -0.4 is 20.1 Å². The second-order valence-electron chi connectivity index (χ2n) is 4.42. The van der Waals surface area contributed by atoms with E-state index >= 15 is 0 Å². The molecule has 0 radical (unpaired) electrons. The molecule has 1 aromatic rings. The molecule has 22 heavy (non-hydrogen) atoms. The standard InChI is InChI=1S/C14H21N3O5/c1-4-22-13-8-10(14(18)16-7-5-6-15-2)11(17(19)20)9-12(13)21-3/h8-9,15H,4-7H2,1-3H3,(H,16,18). The molecule has 2 N–H and O–H groups in total. The molecule has 0 saturated heterocycles. The van der Waals surface area contributed by atoms with Crippen molar-refractivity contribution in [2.75, 3.05) is 33.9 Å². The van der Waals surface area contributed by atoms with E-state index in [1.165, 1.54) is 19.2 Å². The molecule has 1 rings (SSSR count). The van der Waals surface area contributed by atoms with Gasteiger partial charge in [0.25, 0.3) is 11.6 Å². The molecule has 122 valence electrons. The number of carbonyl (C=O) groups excluding carboxylic acids is 1. The van der Waals surface area contributed by atoms with Gasteiger partial charge >= 0.3 is 0 Å². The third kappa shape index (κ3) is 4.59. The van der Waals surface area contributed by atoms with Gasteiger partial charge in [-0.3, -0.25) is 14.9 Å². The van der Waals surface area contributed by atoms with Crippen molar-refractivity contribution in [3.05, 3.63) is 27.8 Å². The predicted octanol–water partition coefficient (Wildman–Crippen LogP) is 1.34. The van der Waals surface area contributed by atoms with Gasteiger partial charge in [0, 0.05) is 12.6 Å². The van der Waals surface area contributed by atoms with Gasteiger partial charge in [-0.15, -0.1) is 0 Å². The second-order valence-corrected chi connectivity index (χ2v) is 4.42. The van der Waals surface area contributed by atoms with Crippen molar-refractivity contribution >= 4 is 11.6 Å². The van der Waals surface area contributed by atoms with E-state index in [0.717, 1.165) is 13.0 Å². The number of carbonyl (C=O) groups is 1. The summed E-state index contributed by atoms with van der Waals surface area (Å²) in [5.74, 6) is 0.0164. The molecule has 8 heteroatoms. The molecule has 8 nitrogen and oxygen atoms in total. The fourth-order valence-electron chi connectivity index (χ4n) is 1.87. The minimum atomic E-state index is -0.610. The summed E-state index contributed by atoms with van der Waals surface area (Å²) in [6.45, 7) is 3.30. The van der Waals surface area contributed by atoms with Gasteiger partial charge in [-0.25, -0.2) is 0 Å². The molecule has 0 fully saturated rings. The Morgan fingerprint density at radius 3 is 2.59 bits per heavy atom. The van der Waals surface area contributed by atoms with E-state index in [1.54, 1.807) is 6.92 Å². The number of nitrogens with zero attached hydrogens (tertiary/aromatic N) is 1. The molecule has 0 spiro atoms. The number of nitrogens with one attached hydrogen (secondary N) is 2. The summed E-state index contributed by atoms with van der Waals surface area (Å²) in [6.07, 6.45) is 0.727. The van der Waals surface area contributed by atoms with Crippen LogP contribution >= 0.6 is 0 Å². The van der Waals surface area contributed by atoms with Gasteiger partial charge in [0.15, 0.2) is 11.5 Å². The van der Waals surface area contributed by atoms with Crippen molar-refractivity contribution in [1.82, 2.24) is 10.6 Å². The Morgan fingerprint density at radius 2 is 2.05 bits per heavy atom. The summed E-state index contributed by atoms with van der Waals surface area (Å²) in [5, 5.41) is 16.8. The summed E-state index contributed by atoms with van der Waals surface area (Å²) in [5.41, 5.74) is -0.356. The van der Waals surface area contributed by atoms with Gasteiger partial charge in [0.05, 0.1) is 24.7 Å². The summed E-state index contributed by atoms with van der Waals surface area (Å²) in [7, 11) is 3.20. The zero-order valence-corrected chi connectivity index (χ0v) is 13.0. The summed E-state index contributed by atoms with van der Waals surface area (Å²) in [6, 6.07) is 2.54. The van der Waals surface area contributed by atoms with Crippen LogP contribution in [0.3, 0.4) is 0 Å². The zero-order chi connectivity index (χ0) is 16.5. The van der Waals surface area contributed by atoms with Crippen LogP contribution in [0.4, 0.5) is 5.69 Å². The number of ether oxygens (including phenoxy) is 2. The van der Waals surface area contributed by atoms with Crippen molar-refractivity contribution in [3.8, 4) is 11.5 Å². The maximum Gasteiger partial charge on any atom is 0.286 e. The highest BCUT2D eigenvalue weighted by molar-refractivity contribution is 5.99. The fraction of sp³-hybridized carbons (Fsp3) is 0.500. The first kappa shape index (κ1) is 17.7. The molecular weight excluding hydrogens is 290 g/mol. The van der Waals surface area contributed by atoms with Gasteiger partial charge in [0.2, 0.25) is 0 Å². The van der Waals surface area contributed by atoms with Crippen molar-refractivity contribution in [1.29, 1.82) is 0 Å². The van der Waals surface area contributed by atoms with Gasteiger partial charge in [-0.1, -0.05) is 0 Å². The molecule has 0 aliphatic rings. The van der Waals surface area contributed by atoms with Crippen LogP contribution in [0.25, 0.3) is 0 Å². The number of nitro benzene ring substituents is 1. The number of benzene rings is 1. The van der Waals surface area contributed by atoms with E-state index in [0.29, 0.717) is 18.9 Å². The molecule has 0 heterocycles. The quantitative estimate of drug-likeness (QED) is 0.405. The summed E-state index contributed by atoms with van der Waals surface area (Å²) >= 11 is 0. The molecule has 0 aromatic heterocycles. The fourth-order valence-corrected chi connectivity index (χ4v) is 1.87. The minimum Gasteiger partial charge on any atom is -0.493 e. The van der Waals surface area contributed by atoms with Gasteiger partial charge < -0.3 is 20.1 Å². The van der Waals surface area contributed by atoms with Crippen LogP contribution in [-0.2, 0) is 0 Å². The smallest absolute Gasteiger partial charge is 0.286 e. The van der Waals surface area contributed by atoms with Crippen LogP contribution in [0, 0.1) is 10.1 Å². The Hall–Kier alpha value is -2.35. The lowest BCUT2D eigenvalue weighted by Gasteiger charge is -2.12.